The highest BCUT2D eigenvalue weighted by molar-refractivity contribution is 6.03. The molecule has 2 heterocycles. The number of nitrogens with zero attached hydrogens (tertiary/aromatic N) is 2. The maximum atomic E-state index is 12.1. The molecule has 3 aromatic rings. The van der Waals surface area contributed by atoms with Crippen LogP contribution in [0.25, 0.3) is 11.3 Å². The Morgan fingerprint density at radius 2 is 2.20 bits per heavy atom. The van der Waals surface area contributed by atoms with Crippen molar-refractivity contribution < 1.29 is 9.21 Å². The molecule has 5 heteroatoms. The van der Waals surface area contributed by atoms with Crippen LogP contribution in [0.5, 0.6) is 0 Å². The van der Waals surface area contributed by atoms with Gasteiger partial charge in [0, 0.05) is 24.5 Å². The monoisotopic (exact) mass is 267 g/mol. The van der Waals surface area contributed by atoms with Crippen molar-refractivity contribution >= 4 is 11.6 Å². The number of aryl methyl sites for hydroxylation is 1. The van der Waals surface area contributed by atoms with Crippen LogP contribution in [-0.2, 0) is 7.05 Å². The van der Waals surface area contributed by atoms with Crippen molar-refractivity contribution in [1.29, 1.82) is 0 Å². The number of aromatic nitrogens is 2. The van der Waals surface area contributed by atoms with Crippen molar-refractivity contribution in [3.05, 3.63) is 60.9 Å². The molecule has 2 aromatic heterocycles. The number of carbonyl (C=O) groups excluding carboxylic acids is 1. The predicted molar refractivity (Wildman–Crippen MR) is 75.3 cm³/mol. The summed E-state index contributed by atoms with van der Waals surface area (Å²) < 4.78 is 7.02. The van der Waals surface area contributed by atoms with Crippen LogP contribution >= 0.6 is 0 Å². The van der Waals surface area contributed by atoms with Gasteiger partial charge in [-0.15, -0.1) is 0 Å². The van der Waals surface area contributed by atoms with Crippen LogP contribution < -0.4 is 5.32 Å². The van der Waals surface area contributed by atoms with E-state index in [9.17, 15) is 4.79 Å². The number of hydrogen-bond donors (Lipinski definition) is 1. The fourth-order valence-corrected chi connectivity index (χ4v) is 2.00. The quantitative estimate of drug-likeness (QED) is 0.793. The number of hydrogen-bond acceptors (Lipinski definition) is 3. The molecule has 1 aromatic carbocycles. The number of oxazole rings is 1. The smallest absolute Gasteiger partial charge is 0.272 e. The van der Waals surface area contributed by atoms with Crippen LogP contribution in [0, 0.1) is 0 Å². The van der Waals surface area contributed by atoms with Gasteiger partial charge in [-0.3, -0.25) is 4.79 Å². The number of nitrogens with one attached hydrogen (secondary N) is 1. The molecule has 0 aliphatic heterocycles. The van der Waals surface area contributed by atoms with E-state index in [1.807, 2.05) is 43.6 Å². The lowest BCUT2D eigenvalue weighted by Gasteiger charge is -2.07. The van der Waals surface area contributed by atoms with Crippen molar-refractivity contribution in [1.82, 2.24) is 9.55 Å². The average molecular weight is 267 g/mol. The van der Waals surface area contributed by atoms with Crippen molar-refractivity contribution in [3.63, 3.8) is 0 Å². The molecule has 0 atom stereocenters. The van der Waals surface area contributed by atoms with Crippen molar-refractivity contribution in [2.45, 2.75) is 0 Å². The summed E-state index contributed by atoms with van der Waals surface area (Å²) in [5, 5.41) is 2.87. The van der Waals surface area contributed by atoms with E-state index in [1.165, 1.54) is 6.39 Å². The number of amides is 1. The molecular formula is C15H13N3O2. The van der Waals surface area contributed by atoms with Crippen LogP contribution in [-0.4, -0.2) is 15.5 Å². The number of carbonyl (C=O) groups is 1. The fraction of sp³-hybridized carbons (Fsp3) is 0.0667. The first-order valence-corrected chi connectivity index (χ1v) is 6.15. The summed E-state index contributed by atoms with van der Waals surface area (Å²) in [6, 6.07) is 11.1. The predicted octanol–water partition coefficient (Wildman–Crippen LogP) is 2.93. The highest BCUT2D eigenvalue weighted by atomic mass is 16.3. The Balaban J connectivity index is 1.83. The van der Waals surface area contributed by atoms with E-state index in [4.69, 9.17) is 4.42 Å². The maximum Gasteiger partial charge on any atom is 0.272 e. The Bertz CT molecular complexity index is 729. The lowest BCUT2D eigenvalue weighted by Crippen LogP contribution is -2.15. The first-order chi connectivity index (χ1) is 9.74. The second kappa shape index (κ2) is 5.05. The Kier molecular flexibility index (Phi) is 3.09. The molecule has 1 amide bonds. The average Bonchev–Trinajstić information content (AvgIpc) is 3.09. The second-order valence-corrected chi connectivity index (χ2v) is 4.40. The largest absolute Gasteiger partial charge is 0.444 e. The van der Waals surface area contributed by atoms with Crippen LogP contribution in [0.2, 0.25) is 0 Å². The number of benzene rings is 1. The van der Waals surface area contributed by atoms with Gasteiger partial charge in [0.15, 0.2) is 12.2 Å². The summed E-state index contributed by atoms with van der Waals surface area (Å²) in [5.74, 6) is 0.521. The van der Waals surface area contributed by atoms with E-state index in [2.05, 4.69) is 10.3 Å². The van der Waals surface area contributed by atoms with Gasteiger partial charge < -0.3 is 14.3 Å². The Morgan fingerprint density at radius 1 is 1.30 bits per heavy atom. The molecule has 0 spiro atoms. The summed E-state index contributed by atoms with van der Waals surface area (Å²) in [7, 11) is 1.83. The van der Waals surface area contributed by atoms with Gasteiger partial charge in [0.1, 0.15) is 5.69 Å². The zero-order chi connectivity index (χ0) is 13.9. The molecule has 0 saturated carbocycles. The maximum absolute atomic E-state index is 12.1. The second-order valence-electron chi connectivity index (χ2n) is 4.40. The van der Waals surface area contributed by atoms with Gasteiger partial charge in [0.2, 0.25) is 0 Å². The standard InChI is InChI=1S/C15H13N3O2/c1-18-7-3-6-13(18)15(19)17-12-5-2-4-11(8-12)14-9-16-10-20-14/h2-10H,1H3,(H,17,19). The van der Waals surface area contributed by atoms with Gasteiger partial charge >= 0.3 is 0 Å². The van der Waals surface area contributed by atoms with Gasteiger partial charge in [0.25, 0.3) is 5.91 Å². The van der Waals surface area contributed by atoms with E-state index in [1.54, 1.807) is 16.8 Å². The van der Waals surface area contributed by atoms with Gasteiger partial charge in [-0.05, 0) is 24.3 Å². The van der Waals surface area contributed by atoms with Crippen molar-refractivity contribution in [2.75, 3.05) is 5.32 Å². The molecule has 1 N–H and O–H groups in total. The minimum absolute atomic E-state index is 0.146. The highest BCUT2D eigenvalue weighted by Gasteiger charge is 2.10. The lowest BCUT2D eigenvalue weighted by atomic mass is 10.1. The first kappa shape index (κ1) is 12.2. The SMILES string of the molecule is Cn1cccc1C(=O)Nc1cccc(-c2cnco2)c1. The molecule has 0 fully saturated rings. The van der Waals surface area contributed by atoms with E-state index >= 15 is 0 Å². The van der Waals surface area contributed by atoms with E-state index in [-0.39, 0.29) is 5.91 Å². The van der Waals surface area contributed by atoms with Crippen LogP contribution in [0.1, 0.15) is 10.5 Å². The summed E-state index contributed by atoms with van der Waals surface area (Å²) in [6.07, 6.45) is 4.85. The third-order valence-electron chi connectivity index (χ3n) is 3.01. The zero-order valence-electron chi connectivity index (χ0n) is 10.9. The summed E-state index contributed by atoms with van der Waals surface area (Å²) in [5.41, 5.74) is 2.19. The topological polar surface area (TPSA) is 60.1 Å². The molecule has 0 aliphatic carbocycles. The molecular weight excluding hydrogens is 254 g/mol. The van der Waals surface area contributed by atoms with E-state index < -0.39 is 0 Å². The van der Waals surface area contributed by atoms with E-state index in [0.717, 1.165) is 5.56 Å². The number of rotatable bonds is 3. The van der Waals surface area contributed by atoms with Crippen molar-refractivity contribution in [3.8, 4) is 11.3 Å². The van der Waals surface area contributed by atoms with Gasteiger partial charge in [-0.25, -0.2) is 4.98 Å². The van der Waals surface area contributed by atoms with E-state index in [0.29, 0.717) is 17.1 Å². The highest BCUT2D eigenvalue weighted by Crippen LogP contribution is 2.22. The number of anilines is 1. The Hall–Kier alpha value is -2.82. The molecule has 0 saturated heterocycles. The van der Waals surface area contributed by atoms with Crippen LogP contribution in [0.3, 0.4) is 0 Å². The molecule has 20 heavy (non-hydrogen) atoms. The first-order valence-electron chi connectivity index (χ1n) is 6.15. The minimum Gasteiger partial charge on any atom is -0.444 e. The molecule has 0 bridgehead atoms. The fourth-order valence-electron chi connectivity index (χ4n) is 2.00. The van der Waals surface area contributed by atoms with Gasteiger partial charge in [-0.2, -0.15) is 0 Å². The normalized spacial score (nSPS) is 10.4. The zero-order valence-corrected chi connectivity index (χ0v) is 10.9. The molecule has 100 valence electrons. The van der Waals surface area contributed by atoms with Crippen molar-refractivity contribution in [2.24, 2.45) is 7.05 Å². The third kappa shape index (κ3) is 2.33. The van der Waals surface area contributed by atoms with Gasteiger partial charge in [0.05, 0.1) is 6.20 Å². The summed E-state index contributed by atoms with van der Waals surface area (Å²) in [6.45, 7) is 0. The molecule has 0 aliphatic rings. The van der Waals surface area contributed by atoms with Crippen LogP contribution in [0.15, 0.2) is 59.6 Å². The van der Waals surface area contributed by atoms with Gasteiger partial charge in [-0.1, -0.05) is 12.1 Å². The summed E-state index contributed by atoms with van der Waals surface area (Å²) in [4.78, 5) is 16.0. The molecule has 3 rings (SSSR count). The van der Waals surface area contributed by atoms with Crippen LogP contribution in [0.4, 0.5) is 5.69 Å². The lowest BCUT2D eigenvalue weighted by molar-refractivity contribution is 0.101. The molecule has 5 nitrogen and oxygen atoms in total. The molecule has 0 unspecified atom stereocenters. The summed E-state index contributed by atoms with van der Waals surface area (Å²) >= 11 is 0. The Labute approximate surface area is 115 Å². The third-order valence-corrected chi connectivity index (χ3v) is 3.01. The Morgan fingerprint density at radius 3 is 2.90 bits per heavy atom. The molecule has 0 radical (unpaired) electrons. The minimum atomic E-state index is -0.146.